The van der Waals surface area contributed by atoms with Gasteiger partial charge in [0.1, 0.15) is 16.7 Å². The zero-order valence-electron chi connectivity index (χ0n) is 22.0. The van der Waals surface area contributed by atoms with Crippen molar-refractivity contribution in [1.82, 2.24) is 9.78 Å². The minimum atomic E-state index is -4.78. The number of hydrogen-bond donors (Lipinski definition) is 1. The van der Waals surface area contributed by atoms with Crippen LogP contribution in [0.5, 0.6) is 5.75 Å². The molecule has 0 unspecified atom stereocenters. The van der Waals surface area contributed by atoms with Gasteiger partial charge < -0.3 is 15.2 Å². The number of carbonyl (C=O) groups excluding carboxylic acids is 2. The first-order chi connectivity index (χ1) is 17.8. The van der Waals surface area contributed by atoms with Gasteiger partial charge in [0.25, 0.3) is 10.0 Å². The Labute approximate surface area is 229 Å². The topological polar surface area (TPSA) is 134 Å². The molecule has 10 nitrogen and oxygen atoms in total. The number of fused-ring (bicyclic) bond motifs is 1. The highest BCUT2D eigenvalue weighted by Gasteiger charge is 2.50. The number of hydrogen-bond acceptors (Lipinski definition) is 7. The molecule has 0 radical (unpaired) electrons. The van der Waals surface area contributed by atoms with Crippen LogP contribution in [0.1, 0.15) is 46.6 Å². The number of aryl methyl sites for hydroxylation is 1. The van der Waals surface area contributed by atoms with Gasteiger partial charge in [0.05, 0.1) is 18.7 Å². The predicted molar refractivity (Wildman–Crippen MR) is 136 cm³/mol. The molecule has 3 rings (SSSR count). The van der Waals surface area contributed by atoms with E-state index < -0.39 is 51.6 Å². The van der Waals surface area contributed by atoms with Gasteiger partial charge in [0.2, 0.25) is 11.5 Å². The first-order valence-electron chi connectivity index (χ1n) is 11.9. The molecule has 0 aliphatic carbocycles. The molecule has 1 atom stereocenters. The molecule has 0 saturated carbocycles. The maximum absolute atomic E-state index is 13.8. The standard InChI is InChI=1S/C24H30ClF3N4O6S/c1-6-31-13-18(20(25)30-31)39(35,36)32-12-15(11-22(2,3)21(29)34)37-17-8-7-14(9-16(17)32)10-19(33)38-23(4,5)24(26,27)28/h7-9,13,15H,6,10-12H2,1-5H3,(H2,29,34)/t15-/m1/s1. The van der Waals surface area contributed by atoms with Crippen molar-refractivity contribution in [2.24, 2.45) is 11.1 Å². The van der Waals surface area contributed by atoms with Crippen molar-refractivity contribution < 1.29 is 40.7 Å². The number of nitrogens with zero attached hydrogens (tertiary/aromatic N) is 3. The lowest BCUT2D eigenvalue weighted by molar-refractivity contribution is -0.257. The highest BCUT2D eigenvalue weighted by Crippen LogP contribution is 2.41. The molecule has 0 spiro atoms. The van der Waals surface area contributed by atoms with Crippen LogP contribution in [-0.4, -0.2) is 54.5 Å². The van der Waals surface area contributed by atoms with Gasteiger partial charge >= 0.3 is 12.1 Å². The fourth-order valence-electron chi connectivity index (χ4n) is 3.85. The summed E-state index contributed by atoms with van der Waals surface area (Å²) < 4.78 is 80.0. The van der Waals surface area contributed by atoms with Crippen molar-refractivity contribution in [3.8, 4) is 5.75 Å². The molecule has 39 heavy (non-hydrogen) atoms. The Morgan fingerprint density at radius 3 is 2.41 bits per heavy atom. The van der Waals surface area contributed by atoms with Crippen LogP contribution in [0.15, 0.2) is 29.3 Å². The zero-order chi connectivity index (χ0) is 29.6. The average molecular weight is 595 g/mol. The summed E-state index contributed by atoms with van der Waals surface area (Å²) in [4.78, 5) is 24.0. The number of rotatable bonds is 9. The minimum Gasteiger partial charge on any atom is -0.486 e. The number of alkyl halides is 3. The lowest BCUT2D eigenvalue weighted by atomic mass is 9.85. The summed E-state index contributed by atoms with van der Waals surface area (Å²) in [5.41, 5.74) is 1.97. The SMILES string of the molecule is CCn1cc(S(=O)(=O)N2C[C@@H](CC(C)(C)C(N)=O)Oc3ccc(CC(=O)OC(C)(C)C(F)(F)F)cc32)c(Cl)n1. The molecule has 1 aromatic heterocycles. The van der Waals surface area contributed by atoms with E-state index in [0.717, 1.165) is 18.2 Å². The summed E-state index contributed by atoms with van der Waals surface area (Å²) in [6.45, 7) is 6.52. The number of aromatic nitrogens is 2. The van der Waals surface area contributed by atoms with Gasteiger partial charge in [-0.15, -0.1) is 0 Å². The van der Waals surface area contributed by atoms with Crippen LogP contribution < -0.4 is 14.8 Å². The number of carbonyl (C=O) groups is 2. The van der Waals surface area contributed by atoms with Crippen molar-refractivity contribution in [2.75, 3.05) is 10.8 Å². The van der Waals surface area contributed by atoms with Gasteiger partial charge in [-0.1, -0.05) is 31.5 Å². The minimum absolute atomic E-state index is 0.0313. The molecule has 2 heterocycles. The molecule has 15 heteroatoms. The maximum atomic E-state index is 13.8. The molecule has 0 fully saturated rings. The maximum Gasteiger partial charge on any atom is 0.427 e. The molecule has 2 aromatic rings. The molecular weight excluding hydrogens is 565 g/mol. The number of sulfonamides is 1. The largest absolute Gasteiger partial charge is 0.486 e. The number of ether oxygens (including phenoxy) is 2. The summed E-state index contributed by atoms with van der Waals surface area (Å²) in [6, 6.07) is 4.13. The van der Waals surface area contributed by atoms with E-state index >= 15 is 0 Å². The van der Waals surface area contributed by atoms with Crippen LogP contribution in [0.3, 0.4) is 0 Å². The van der Waals surface area contributed by atoms with E-state index in [2.05, 4.69) is 9.84 Å². The Morgan fingerprint density at radius 1 is 1.23 bits per heavy atom. The van der Waals surface area contributed by atoms with Gasteiger partial charge in [0.15, 0.2) is 5.15 Å². The Hall–Kier alpha value is -3.00. The third-order valence-electron chi connectivity index (χ3n) is 6.34. The molecule has 1 aliphatic heterocycles. The Morgan fingerprint density at radius 2 is 1.87 bits per heavy atom. The van der Waals surface area contributed by atoms with Gasteiger partial charge in [-0.3, -0.25) is 18.6 Å². The summed E-state index contributed by atoms with van der Waals surface area (Å²) in [7, 11) is -4.34. The van der Waals surface area contributed by atoms with E-state index in [0.29, 0.717) is 6.54 Å². The van der Waals surface area contributed by atoms with Gasteiger partial charge in [-0.2, -0.15) is 18.3 Å². The summed E-state index contributed by atoms with van der Waals surface area (Å²) in [5, 5.41) is 3.73. The monoisotopic (exact) mass is 594 g/mol. The van der Waals surface area contributed by atoms with Crippen LogP contribution in [0.4, 0.5) is 18.9 Å². The molecule has 1 aromatic carbocycles. The number of primary amides is 1. The lowest BCUT2D eigenvalue weighted by Gasteiger charge is -2.38. The molecule has 1 amide bonds. The van der Waals surface area contributed by atoms with E-state index in [1.54, 1.807) is 20.8 Å². The predicted octanol–water partition coefficient (Wildman–Crippen LogP) is 3.84. The van der Waals surface area contributed by atoms with Crippen LogP contribution in [0.25, 0.3) is 0 Å². The van der Waals surface area contributed by atoms with Crippen molar-refractivity contribution in [3.05, 3.63) is 35.1 Å². The fraction of sp³-hybridized carbons (Fsp3) is 0.542. The third-order valence-corrected chi connectivity index (χ3v) is 8.51. The summed E-state index contributed by atoms with van der Waals surface area (Å²) in [6.07, 6.45) is -4.79. The smallest absolute Gasteiger partial charge is 0.427 e. The van der Waals surface area contributed by atoms with E-state index in [1.165, 1.54) is 29.1 Å². The van der Waals surface area contributed by atoms with Gasteiger partial charge in [-0.05, 0) is 44.9 Å². The van der Waals surface area contributed by atoms with E-state index in [1.807, 2.05) is 0 Å². The highest BCUT2D eigenvalue weighted by atomic mass is 35.5. The quantitative estimate of drug-likeness (QED) is 0.436. The Balaban J connectivity index is 2.02. The van der Waals surface area contributed by atoms with Crippen molar-refractivity contribution >= 4 is 39.2 Å². The van der Waals surface area contributed by atoms with Crippen LogP contribution in [0, 0.1) is 5.41 Å². The number of halogens is 4. The van der Waals surface area contributed by atoms with E-state index in [9.17, 15) is 31.2 Å². The second-order valence-corrected chi connectivity index (χ2v) is 12.5. The van der Waals surface area contributed by atoms with Crippen LogP contribution in [0.2, 0.25) is 5.15 Å². The van der Waals surface area contributed by atoms with Gasteiger partial charge in [-0.25, -0.2) is 8.42 Å². The zero-order valence-corrected chi connectivity index (χ0v) is 23.6. The van der Waals surface area contributed by atoms with Crippen LogP contribution >= 0.6 is 11.6 Å². The van der Waals surface area contributed by atoms with Crippen LogP contribution in [-0.2, 0) is 37.3 Å². The Kier molecular flexibility index (Phi) is 8.24. The third kappa shape index (κ3) is 6.43. The number of benzene rings is 1. The van der Waals surface area contributed by atoms with Crippen molar-refractivity contribution in [3.63, 3.8) is 0 Å². The highest BCUT2D eigenvalue weighted by molar-refractivity contribution is 7.93. The number of esters is 1. The van der Waals surface area contributed by atoms with E-state index in [4.69, 9.17) is 22.1 Å². The summed E-state index contributed by atoms with van der Waals surface area (Å²) in [5.74, 6) is -1.65. The van der Waals surface area contributed by atoms with Crippen molar-refractivity contribution in [2.45, 2.75) is 76.8 Å². The second-order valence-electron chi connectivity index (χ2n) is 10.3. The molecular formula is C24H30ClF3N4O6S. The molecule has 1 aliphatic rings. The normalized spacial score (nSPS) is 16.4. The van der Waals surface area contributed by atoms with Crippen molar-refractivity contribution in [1.29, 1.82) is 0 Å². The number of amides is 1. The molecule has 0 bridgehead atoms. The first kappa shape index (κ1) is 30.5. The fourth-order valence-corrected chi connectivity index (χ4v) is 5.80. The van der Waals surface area contributed by atoms with E-state index in [-0.39, 0.29) is 40.0 Å². The lowest BCUT2D eigenvalue weighted by Crippen LogP contribution is -2.47. The number of anilines is 1. The molecule has 216 valence electrons. The molecule has 0 saturated heterocycles. The average Bonchev–Trinajstić information content (AvgIpc) is 3.18. The van der Waals surface area contributed by atoms with Gasteiger partial charge in [0, 0.05) is 18.2 Å². The summed E-state index contributed by atoms with van der Waals surface area (Å²) >= 11 is 6.15. The second kappa shape index (κ2) is 10.5. The first-order valence-corrected chi connectivity index (χ1v) is 13.7. The molecule has 2 N–H and O–H groups in total. The Bertz CT molecular complexity index is 1370. The number of nitrogens with two attached hydrogens (primary N) is 1.